The first-order valence-corrected chi connectivity index (χ1v) is 8.10. The number of aromatic amines is 1. The molecule has 0 aliphatic carbocycles. The number of fused-ring (bicyclic) bond motifs is 1. The molecule has 1 heterocycles. The van der Waals surface area contributed by atoms with Crippen LogP contribution in [0.4, 0.5) is 0 Å². The van der Waals surface area contributed by atoms with E-state index in [0.717, 1.165) is 28.1 Å². The number of H-pyrrole nitrogens is 1. The van der Waals surface area contributed by atoms with E-state index in [2.05, 4.69) is 42.2 Å². The molecule has 0 bridgehead atoms. The van der Waals surface area contributed by atoms with Crippen molar-refractivity contribution < 1.29 is 4.74 Å². The zero-order chi connectivity index (χ0) is 17.2. The lowest BCUT2D eigenvalue weighted by molar-refractivity contribution is 0.482. The number of nitrogens with one attached hydrogen (secondary N) is 1. The van der Waals surface area contributed by atoms with Gasteiger partial charge in [-0.3, -0.25) is 0 Å². The van der Waals surface area contributed by atoms with E-state index in [1.54, 1.807) is 12.1 Å². The molecule has 0 aliphatic heterocycles. The minimum Gasteiger partial charge on any atom is -0.457 e. The van der Waals surface area contributed by atoms with Crippen LogP contribution in [0.3, 0.4) is 0 Å². The molecule has 1 aromatic heterocycles. The number of hydrogen-bond donors (Lipinski definition) is 1. The number of rotatable bonds is 3. The first kappa shape index (κ1) is 15.0. The Morgan fingerprint density at radius 1 is 0.880 bits per heavy atom. The van der Waals surface area contributed by atoms with E-state index >= 15 is 0 Å². The Labute approximate surface area is 146 Å². The second-order valence-corrected chi connectivity index (χ2v) is 5.99. The van der Waals surface area contributed by atoms with E-state index in [4.69, 9.17) is 10.00 Å². The third kappa shape index (κ3) is 2.98. The monoisotopic (exact) mass is 324 g/mol. The highest BCUT2D eigenvalue weighted by Crippen LogP contribution is 2.31. The van der Waals surface area contributed by atoms with Crippen molar-refractivity contribution in [1.29, 1.82) is 5.26 Å². The summed E-state index contributed by atoms with van der Waals surface area (Å²) in [6, 6.07) is 25.7. The molecule has 3 heteroatoms. The van der Waals surface area contributed by atoms with Gasteiger partial charge in [-0.25, -0.2) is 0 Å². The van der Waals surface area contributed by atoms with Crippen molar-refractivity contribution in [3.63, 3.8) is 0 Å². The Morgan fingerprint density at radius 3 is 2.52 bits per heavy atom. The fourth-order valence-corrected chi connectivity index (χ4v) is 2.99. The summed E-state index contributed by atoms with van der Waals surface area (Å²) >= 11 is 0. The van der Waals surface area contributed by atoms with Crippen LogP contribution in [-0.2, 0) is 0 Å². The predicted octanol–water partition coefficient (Wildman–Crippen LogP) is 5.81. The van der Waals surface area contributed by atoms with Crippen LogP contribution >= 0.6 is 0 Å². The third-order valence-electron chi connectivity index (χ3n) is 4.22. The van der Waals surface area contributed by atoms with Crippen molar-refractivity contribution in [3.8, 4) is 28.8 Å². The van der Waals surface area contributed by atoms with Gasteiger partial charge in [0, 0.05) is 22.2 Å². The molecule has 3 nitrogen and oxygen atoms in total. The highest BCUT2D eigenvalue weighted by molar-refractivity contribution is 5.86. The number of nitriles is 1. The number of aryl methyl sites for hydroxylation is 1. The van der Waals surface area contributed by atoms with Crippen molar-refractivity contribution in [2.75, 3.05) is 0 Å². The van der Waals surface area contributed by atoms with Crippen molar-refractivity contribution >= 4 is 10.9 Å². The number of aromatic nitrogens is 1. The Bertz CT molecular complexity index is 1070. The van der Waals surface area contributed by atoms with Crippen LogP contribution < -0.4 is 4.74 Å². The van der Waals surface area contributed by atoms with Crippen LogP contribution in [0, 0.1) is 18.3 Å². The molecule has 0 fully saturated rings. The average molecular weight is 324 g/mol. The summed E-state index contributed by atoms with van der Waals surface area (Å²) in [6.45, 7) is 2.07. The Morgan fingerprint density at radius 2 is 1.72 bits per heavy atom. The van der Waals surface area contributed by atoms with Crippen molar-refractivity contribution in [1.82, 2.24) is 4.98 Å². The lowest BCUT2D eigenvalue weighted by atomic mass is 10.1. The minimum atomic E-state index is 0.587. The summed E-state index contributed by atoms with van der Waals surface area (Å²) in [6.07, 6.45) is 0. The van der Waals surface area contributed by atoms with Crippen LogP contribution in [0.1, 0.15) is 11.1 Å². The molecule has 0 atom stereocenters. The van der Waals surface area contributed by atoms with E-state index in [1.165, 1.54) is 5.39 Å². The zero-order valence-corrected chi connectivity index (χ0v) is 13.8. The van der Waals surface area contributed by atoms with Gasteiger partial charge in [0.05, 0.1) is 11.6 Å². The van der Waals surface area contributed by atoms with Gasteiger partial charge in [-0.2, -0.15) is 5.26 Å². The molecule has 0 aliphatic rings. The quantitative estimate of drug-likeness (QED) is 0.517. The lowest BCUT2D eigenvalue weighted by Crippen LogP contribution is -1.88. The van der Waals surface area contributed by atoms with Crippen molar-refractivity contribution in [2.45, 2.75) is 6.92 Å². The van der Waals surface area contributed by atoms with Gasteiger partial charge in [0.1, 0.15) is 11.5 Å². The predicted molar refractivity (Wildman–Crippen MR) is 99.7 cm³/mol. The molecule has 0 spiro atoms. The van der Waals surface area contributed by atoms with Gasteiger partial charge >= 0.3 is 0 Å². The maximum Gasteiger partial charge on any atom is 0.128 e. The van der Waals surface area contributed by atoms with E-state index in [9.17, 15) is 0 Å². The van der Waals surface area contributed by atoms with Gasteiger partial charge in [-0.05, 0) is 61.0 Å². The SMILES string of the molecule is Cc1cc(Oc2cccc(C#N)c2)ccc1-c1cc2ccccc2[nH]1. The van der Waals surface area contributed by atoms with E-state index in [0.29, 0.717) is 11.3 Å². The smallest absolute Gasteiger partial charge is 0.128 e. The van der Waals surface area contributed by atoms with E-state index in [1.807, 2.05) is 36.4 Å². The van der Waals surface area contributed by atoms with Crippen LogP contribution in [-0.4, -0.2) is 4.98 Å². The zero-order valence-electron chi connectivity index (χ0n) is 13.8. The van der Waals surface area contributed by atoms with E-state index < -0.39 is 0 Å². The normalized spacial score (nSPS) is 10.6. The molecule has 25 heavy (non-hydrogen) atoms. The van der Waals surface area contributed by atoms with Gasteiger partial charge in [-0.15, -0.1) is 0 Å². The van der Waals surface area contributed by atoms with Gasteiger partial charge in [0.15, 0.2) is 0 Å². The molecular weight excluding hydrogens is 308 g/mol. The standard InChI is InChI=1S/C22H16N2O/c1-15-11-19(25-18-7-4-5-16(12-18)14-23)9-10-20(15)22-13-17-6-2-3-8-21(17)24-22/h2-13,24H,1H3. The molecule has 0 unspecified atom stereocenters. The summed E-state index contributed by atoms with van der Waals surface area (Å²) in [5.74, 6) is 1.42. The summed E-state index contributed by atoms with van der Waals surface area (Å²) in [5.41, 5.74) is 5.08. The van der Waals surface area contributed by atoms with Crippen LogP contribution in [0.25, 0.3) is 22.2 Å². The molecule has 120 valence electrons. The summed E-state index contributed by atoms with van der Waals surface area (Å²) in [4.78, 5) is 3.46. The first-order valence-electron chi connectivity index (χ1n) is 8.10. The molecule has 0 saturated carbocycles. The summed E-state index contributed by atoms with van der Waals surface area (Å²) < 4.78 is 5.89. The minimum absolute atomic E-state index is 0.587. The Kier molecular flexibility index (Phi) is 3.72. The fraction of sp³-hybridized carbons (Fsp3) is 0.0455. The highest BCUT2D eigenvalue weighted by atomic mass is 16.5. The number of ether oxygens (including phenoxy) is 1. The number of benzene rings is 3. The van der Waals surface area contributed by atoms with Gasteiger partial charge in [-0.1, -0.05) is 24.3 Å². The van der Waals surface area contributed by atoms with Gasteiger partial charge in [0.2, 0.25) is 0 Å². The average Bonchev–Trinajstić information content (AvgIpc) is 3.05. The molecule has 4 rings (SSSR count). The first-order chi connectivity index (χ1) is 12.2. The van der Waals surface area contributed by atoms with Crippen LogP contribution in [0.5, 0.6) is 11.5 Å². The van der Waals surface area contributed by atoms with E-state index in [-0.39, 0.29) is 0 Å². The molecule has 1 N–H and O–H groups in total. The maximum atomic E-state index is 8.99. The summed E-state index contributed by atoms with van der Waals surface area (Å²) in [7, 11) is 0. The maximum absolute atomic E-state index is 8.99. The molecule has 3 aromatic carbocycles. The fourth-order valence-electron chi connectivity index (χ4n) is 2.99. The number of nitrogens with zero attached hydrogens (tertiary/aromatic N) is 1. The van der Waals surface area contributed by atoms with Gasteiger partial charge < -0.3 is 9.72 Å². The van der Waals surface area contributed by atoms with Crippen molar-refractivity contribution in [2.24, 2.45) is 0 Å². The lowest BCUT2D eigenvalue weighted by Gasteiger charge is -2.09. The molecular formula is C22H16N2O. The summed E-state index contributed by atoms with van der Waals surface area (Å²) in [5, 5.41) is 10.2. The second kappa shape index (κ2) is 6.18. The molecule has 0 saturated heterocycles. The Hall–Kier alpha value is -3.51. The largest absolute Gasteiger partial charge is 0.457 e. The third-order valence-corrected chi connectivity index (χ3v) is 4.22. The van der Waals surface area contributed by atoms with Crippen LogP contribution in [0.15, 0.2) is 72.8 Å². The topological polar surface area (TPSA) is 48.8 Å². The second-order valence-electron chi connectivity index (χ2n) is 5.99. The number of para-hydroxylation sites is 1. The van der Waals surface area contributed by atoms with Gasteiger partial charge in [0.25, 0.3) is 0 Å². The Balaban J connectivity index is 1.65. The molecule has 0 amide bonds. The molecule has 4 aromatic rings. The highest BCUT2D eigenvalue weighted by Gasteiger charge is 2.08. The molecule has 0 radical (unpaired) electrons. The van der Waals surface area contributed by atoms with Crippen molar-refractivity contribution in [3.05, 3.63) is 83.9 Å². The number of hydrogen-bond acceptors (Lipinski definition) is 2. The van der Waals surface area contributed by atoms with Crippen LogP contribution in [0.2, 0.25) is 0 Å².